The molecule has 0 unspecified atom stereocenters. The Kier molecular flexibility index (Phi) is 7.89. The fourth-order valence-corrected chi connectivity index (χ4v) is 1.53. The highest BCUT2D eigenvalue weighted by atomic mass is 16.6. The fourth-order valence-electron chi connectivity index (χ4n) is 1.53. The van der Waals surface area contributed by atoms with Gasteiger partial charge in [-0.05, 0) is 18.6 Å². The Morgan fingerprint density at radius 2 is 1.95 bits per heavy atom. The van der Waals surface area contributed by atoms with Gasteiger partial charge in [0.25, 0.3) is 5.91 Å². The van der Waals surface area contributed by atoms with Gasteiger partial charge in [0, 0.05) is 13.7 Å². The number of nitrogens with one attached hydrogen (secondary N) is 1. The minimum absolute atomic E-state index is 0.322. The summed E-state index contributed by atoms with van der Waals surface area (Å²) in [6.45, 7) is 2.28. The van der Waals surface area contributed by atoms with Crippen LogP contribution < -0.4 is 10.1 Å². The van der Waals surface area contributed by atoms with Crippen molar-refractivity contribution in [1.29, 1.82) is 0 Å². The summed E-state index contributed by atoms with van der Waals surface area (Å²) in [7, 11) is 1.54. The smallest absolute Gasteiger partial charge is 0.347 e. The highest BCUT2D eigenvalue weighted by Crippen LogP contribution is 2.13. The second-order valence-electron chi connectivity index (χ2n) is 4.28. The second kappa shape index (κ2) is 9.77. The molecule has 0 aliphatic rings. The van der Waals surface area contributed by atoms with E-state index in [0.717, 1.165) is 0 Å². The van der Waals surface area contributed by atoms with Crippen molar-refractivity contribution in [3.63, 3.8) is 0 Å². The van der Waals surface area contributed by atoms with Gasteiger partial charge < -0.3 is 19.5 Å². The number of hydrogen-bond acceptors (Lipinski definition) is 5. The number of amides is 1. The molecule has 0 aliphatic heterocycles. The molecule has 0 bridgehead atoms. The van der Waals surface area contributed by atoms with Crippen molar-refractivity contribution in [3.8, 4) is 5.75 Å². The van der Waals surface area contributed by atoms with Gasteiger partial charge in [0.05, 0.1) is 6.61 Å². The Morgan fingerprint density at radius 1 is 1.24 bits per heavy atom. The summed E-state index contributed by atoms with van der Waals surface area (Å²) >= 11 is 0. The summed E-state index contributed by atoms with van der Waals surface area (Å²) in [5.74, 6) is -0.330. The summed E-state index contributed by atoms with van der Waals surface area (Å²) in [6.07, 6.45) is -0.266. The van der Waals surface area contributed by atoms with E-state index in [2.05, 4.69) is 5.32 Å². The molecule has 1 atom stereocenters. The molecule has 0 saturated heterocycles. The van der Waals surface area contributed by atoms with Crippen LogP contribution in [0.3, 0.4) is 0 Å². The van der Waals surface area contributed by atoms with Crippen LogP contribution >= 0.6 is 0 Å². The van der Waals surface area contributed by atoms with Gasteiger partial charge in [-0.3, -0.25) is 4.79 Å². The average Bonchev–Trinajstić information content (AvgIpc) is 2.51. The van der Waals surface area contributed by atoms with Crippen LogP contribution in [0.5, 0.6) is 5.75 Å². The Bertz CT molecular complexity index is 435. The second-order valence-corrected chi connectivity index (χ2v) is 4.28. The van der Waals surface area contributed by atoms with Gasteiger partial charge >= 0.3 is 5.97 Å². The number of carbonyl (C=O) groups is 2. The maximum Gasteiger partial charge on any atom is 0.347 e. The zero-order valence-electron chi connectivity index (χ0n) is 12.3. The monoisotopic (exact) mass is 295 g/mol. The first-order valence-electron chi connectivity index (χ1n) is 6.81. The Hall–Kier alpha value is -2.08. The molecule has 6 nitrogen and oxygen atoms in total. The van der Waals surface area contributed by atoms with Crippen molar-refractivity contribution in [2.24, 2.45) is 0 Å². The van der Waals surface area contributed by atoms with Crippen molar-refractivity contribution in [3.05, 3.63) is 30.3 Å². The molecule has 0 radical (unpaired) electrons. The fraction of sp³-hybridized carbons (Fsp3) is 0.467. The molecule has 0 heterocycles. The number of ether oxygens (including phenoxy) is 3. The van der Waals surface area contributed by atoms with Crippen molar-refractivity contribution in [1.82, 2.24) is 5.32 Å². The number of hydrogen-bond donors (Lipinski definition) is 1. The van der Waals surface area contributed by atoms with E-state index in [9.17, 15) is 9.59 Å². The first-order chi connectivity index (χ1) is 10.2. The lowest BCUT2D eigenvalue weighted by Crippen LogP contribution is -2.35. The number of esters is 1. The van der Waals surface area contributed by atoms with Crippen LogP contribution in [0, 0.1) is 0 Å². The van der Waals surface area contributed by atoms with Crippen LogP contribution in [-0.2, 0) is 19.1 Å². The van der Waals surface area contributed by atoms with E-state index >= 15 is 0 Å². The SMILES string of the molecule is CC[C@H](Oc1ccccc1)C(=O)OCC(=O)NCCOC. The minimum atomic E-state index is -0.723. The molecule has 1 N–H and O–H groups in total. The van der Waals surface area contributed by atoms with E-state index in [1.165, 1.54) is 0 Å². The summed E-state index contributed by atoms with van der Waals surface area (Å²) in [5.41, 5.74) is 0. The normalized spacial score (nSPS) is 11.5. The van der Waals surface area contributed by atoms with Crippen LogP contribution in [0.4, 0.5) is 0 Å². The van der Waals surface area contributed by atoms with Crippen LogP contribution in [0.15, 0.2) is 30.3 Å². The predicted octanol–water partition coefficient (Wildman–Crippen LogP) is 1.15. The summed E-state index contributed by atoms with van der Waals surface area (Å²) in [5, 5.41) is 2.56. The van der Waals surface area contributed by atoms with Gasteiger partial charge in [0.15, 0.2) is 12.7 Å². The highest BCUT2D eigenvalue weighted by Gasteiger charge is 2.20. The zero-order valence-corrected chi connectivity index (χ0v) is 12.3. The average molecular weight is 295 g/mol. The lowest BCUT2D eigenvalue weighted by Gasteiger charge is -2.16. The van der Waals surface area contributed by atoms with Crippen LogP contribution in [0.25, 0.3) is 0 Å². The molecule has 0 saturated carbocycles. The largest absolute Gasteiger partial charge is 0.479 e. The van der Waals surface area contributed by atoms with Crippen LogP contribution in [-0.4, -0.2) is 44.8 Å². The van der Waals surface area contributed by atoms with E-state index in [4.69, 9.17) is 14.2 Å². The molecule has 0 aromatic heterocycles. The van der Waals surface area contributed by atoms with Gasteiger partial charge in [0.2, 0.25) is 0 Å². The third-order valence-corrected chi connectivity index (χ3v) is 2.63. The van der Waals surface area contributed by atoms with Crippen LogP contribution in [0.1, 0.15) is 13.3 Å². The van der Waals surface area contributed by atoms with Crippen molar-refractivity contribution in [2.75, 3.05) is 26.9 Å². The van der Waals surface area contributed by atoms with Gasteiger partial charge in [-0.15, -0.1) is 0 Å². The molecule has 21 heavy (non-hydrogen) atoms. The Morgan fingerprint density at radius 3 is 2.57 bits per heavy atom. The first kappa shape index (κ1) is 17.0. The maximum atomic E-state index is 11.9. The molecule has 1 amide bonds. The molecule has 116 valence electrons. The molecule has 6 heteroatoms. The van der Waals surface area contributed by atoms with Crippen molar-refractivity contribution >= 4 is 11.9 Å². The van der Waals surface area contributed by atoms with E-state index in [1.54, 1.807) is 19.2 Å². The Labute approximate surface area is 124 Å². The third-order valence-electron chi connectivity index (χ3n) is 2.63. The Balaban J connectivity index is 2.36. The molecular formula is C15H21NO5. The quantitative estimate of drug-likeness (QED) is 0.546. The molecule has 0 spiro atoms. The van der Waals surface area contributed by atoms with Gasteiger partial charge in [-0.2, -0.15) is 0 Å². The summed E-state index contributed by atoms with van der Waals surface area (Å²) in [4.78, 5) is 23.3. The number of benzene rings is 1. The number of rotatable bonds is 9. The van der Waals surface area contributed by atoms with Gasteiger partial charge in [0.1, 0.15) is 5.75 Å². The van der Waals surface area contributed by atoms with E-state index in [1.807, 2.05) is 25.1 Å². The molecule has 0 fully saturated rings. The van der Waals surface area contributed by atoms with Crippen LogP contribution in [0.2, 0.25) is 0 Å². The molecule has 1 rings (SSSR count). The van der Waals surface area contributed by atoms with E-state index < -0.39 is 12.1 Å². The molecular weight excluding hydrogens is 274 g/mol. The van der Waals surface area contributed by atoms with Gasteiger partial charge in [-0.1, -0.05) is 25.1 Å². The molecule has 1 aromatic carbocycles. The first-order valence-corrected chi connectivity index (χ1v) is 6.81. The number of methoxy groups -OCH3 is 1. The summed E-state index contributed by atoms with van der Waals surface area (Å²) in [6, 6.07) is 9.00. The third kappa shape index (κ3) is 6.76. The topological polar surface area (TPSA) is 73.9 Å². The highest BCUT2D eigenvalue weighted by molar-refractivity contribution is 5.82. The predicted molar refractivity (Wildman–Crippen MR) is 77.0 cm³/mol. The van der Waals surface area contributed by atoms with Gasteiger partial charge in [-0.25, -0.2) is 4.79 Å². The lowest BCUT2D eigenvalue weighted by atomic mass is 10.2. The summed E-state index contributed by atoms with van der Waals surface area (Å²) < 4.78 is 15.3. The number of carbonyl (C=O) groups excluding carboxylic acids is 2. The molecule has 0 aliphatic carbocycles. The van der Waals surface area contributed by atoms with E-state index in [0.29, 0.717) is 25.3 Å². The number of para-hydroxylation sites is 1. The molecule has 1 aromatic rings. The lowest BCUT2D eigenvalue weighted by molar-refractivity contribution is -0.155. The van der Waals surface area contributed by atoms with Crippen molar-refractivity contribution < 1.29 is 23.8 Å². The zero-order chi connectivity index (χ0) is 15.5. The van der Waals surface area contributed by atoms with Crippen molar-refractivity contribution in [2.45, 2.75) is 19.4 Å². The standard InChI is InChI=1S/C15H21NO5/c1-3-13(21-12-7-5-4-6-8-12)15(18)20-11-14(17)16-9-10-19-2/h4-8,13H,3,9-11H2,1-2H3,(H,16,17)/t13-/m0/s1. The van der Waals surface area contributed by atoms with E-state index in [-0.39, 0.29) is 12.5 Å². The minimum Gasteiger partial charge on any atom is -0.479 e. The maximum absolute atomic E-state index is 11.9.